The zero-order valence-electron chi connectivity index (χ0n) is 7.75. The number of amides is 1. The van der Waals surface area contributed by atoms with Gasteiger partial charge in [-0.2, -0.15) is 0 Å². The molecule has 1 amide bonds. The molecule has 13 heavy (non-hydrogen) atoms. The molecule has 0 saturated heterocycles. The summed E-state index contributed by atoms with van der Waals surface area (Å²) in [5, 5.41) is 10.6. The van der Waals surface area contributed by atoms with Crippen LogP contribution in [0.2, 0.25) is 0 Å². The molecule has 0 heterocycles. The number of carbonyl (C=O) groups is 2. The predicted octanol–water partition coefficient (Wildman–Crippen LogP) is -0.272. The Hall–Kier alpha value is -1.36. The predicted molar refractivity (Wildman–Crippen MR) is 50.2 cm³/mol. The molecule has 0 aromatic heterocycles. The van der Waals surface area contributed by atoms with E-state index in [2.05, 4.69) is 11.9 Å². The quantitative estimate of drug-likeness (QED) is 0.409. The van der Waals surface area contributed by atoms with E-state index < -0.39 is 5.97 Å². The third-order valence-electron chi connectivity index (χ3n) is 0.973. The number of hydrogen-bond donors (Lipinski definition) is 3. The largest absolute Gasteiger partial charge is 0.478 e. The van der Waals surface area contributed by atoms with Gasteiger partial charge in [-0.1, -0.05) is 13.5 Å². The zero-order chi connectivity index (χ0) is 10.7. The number of rotatable bonds is 5. The van der Waals surface area contributed by atoms with Crippen LogP contribution in [0.4, 0.5) is 0 Å². The van der Waals surface area contributed by atoms with Crippen molar-refractivity contribution in [2.24, 2.45) is 5.73 Å². The molecule has 0 aromatic rings. The number of carboxylic acid groups (broad SMARTS) is 1. The van der Waals surface area contributed by atoms with Crippen molar-refractivity contribution in [1.29, 1.82) is 0 Å². The minimum absolute atomic E-state index is 0.244. The first-order valence-corrected chi connectivity index (χ1v) is 3.89. The topological polar surface area (TPSA) is 92.4 Å². The zero-order valence-corrected chi connectivity index (χ0v) is 7.75. The standard InChI is InChI=1S/C5H12N2O.C3H4O2/c1-2-7-4-3-5(6)8;1-2-3(4)5/h7H,2-4H2,1H3,(H2,6,8);2H,1H2,(H,4,5). The summed E-state index contributed by atoms with van der Waals surface area (Å²) in [5.74, 6) is -1.23. The number of hydrogen-bond acceptors (Lipinski definition) is 3. The first kappa shape index (κ1) is 14.2. The second kappa shape index (κ2) is 10.6. The minimum Gasteiger partial charge on any atom is -0.478 e. The summed E-state index contributed by atoms with van der Waals surface area (Å²) in [4.78, 5) is 19.3. The Morgan fingerprint density at radius 2 is 2.08 bits per heavy atom. The van der Waals surface area contributed by atoms with E-state index in [1.807, 2.05) is 6.92 Å². The Bertz CT molecular complexity index is 169. The summed E-state index contributed by atoms with van der Waals surface area (Å²) in [6.45, 7) is 6.54. The Morgan fingerprint density at radius 1 is 1.62 bits per heavy atom. The summed E-state index contributed by atoms with van der Waals surface area (Å²) in [7, 11) is 0. The van der Waals surface area contributed by atoms with Crippen molar-refractivity contribution in [1.82, 2.24) is 5.32 Å². The van der Waals surface area contributed by atoms with Gasteiger partial charge in [0.25, 0.3) is 0 Å². The normalized spacial score (nSPS) is 8.08. The van der Waals surface area contributed by atoms with E-state index in [-0.39, 0.29) is 5.91 Å². The highest BCUT2D eigenvalue weighted by atomic mass is 16.4. The van der Waals surface area contributed by atoms with Crippen LogP contribution in [-0.4, -0.2) is 30.1 Å². The number of carbonyl (C=O) groups excluding carboxylic acids is 1. The van der Waals surface area contributed by atoms with Gasteiger partial charge in [0.2, 0.25) is 5.91 Å². The van der Waals surface area contributed by atoms with Crippen LogP contribution in [0, 0.1) is 0 Å². The first-order chi connectivity index (χ1) is 6.04. The van der Waals surface area contributed by atoms with E-state index >= 15 is 0 Å². The molecule has 0 aliphatic carbocycles. The third-order valence-corrected chi connectivity index (χ3v) is 0.973. The molecule has 0 aromatic carbocycles. The van der Waals surface area contributed by atoms with Gasteiger partial charge >= 0.3 is 5.97 Å². The van der Waals surface area contributed by atoms with E-state index in [9.17, 15) is 9.59 Å². The maximum atomic E-state index is 10.1. The van der Waals surface area contributed by atoms with E-state index in [0.717, 1.165) is 12.6 Å². The average Bonchev–Trinajstić information content (AvgIpc) is 2.05. The average molecular weight is 188 g/mol. The highest BCUT2D eigenvalue weighted by Gasteiger charge is 1.89. The monoisotopic (exact) mass is 188 g/mol. The lowest BCUT2D eigenvalue weighted by Crippen LogP contribution is -2.21. The summed E-state index contributed by atoms with van der Waals surface area (Å²) < 4.78 is 0. The van der Waals surface area contributed by atoms with Crippen molar-refractivity contribution < 1.29 is 14.7 Å². The Labute approximate surface area is 77.6 Å². The fourth-order valence-corrected chi connectivity index (χ4v) is 0.388. The molecule has 0 spiro atoms. The summed E-state index contributed by atoms with van der Waals surface area (Å²) in [6, 6.07) is 0. The smallest absolute Gasteiger partial charge is 0.327 e. The van der Waals surface area contributed by atoms with Gasteiger partial charge < -0.3 is 16.2 Å². The molecule has 0 bridgehead atoms. The van der Waals surface area contributed by atoms with Crippen molar-refractivity contribution >= 4 is 11.9 Å². The molecule has 5 nitrogen and oxygen atoms in total. The molecule has 0 saturated carbocycles. The second-order valence-electron chi connectivity index (χ2n) is 2.11. The van der Waals surface area contributed by atoms with E-state index in [0.29, 0.717) is 13.0 Å². The van der Waals surface area contributed by atoms with Gasteiger partial charge in [-0.25, -0.2) is 4.79 Å². The third kappa shape index (κ3) is 25.0. The number of aliphatic carboxylic acids is 1. The highest BCUT2D eigenvalue weighted by Crippen LogP contribution is 1.69. The molecule has 0 unspecified atom stereocenters. The molecule has 0 radical (unpaired) electrons. The first-order valence-electron chi connectivity index (χ1n) is 3.89. The summed E-state index contributed by atoms with van der Waals surface area (Å²) >= 11 is 0. The van der Waals surface area contributed by atoms with Crippen LogP contribution in [0.1, 0.15) is 13.3 Å². The number of carboxylic acids is 1. The Kier molecular flexibility index (Phi) is 11.6. The molecule has 0 aliphatic rings. The molecule has 0 rings (SSSR count). The van der Waals surface area contributed by atoms with Crippen LogP contribution in [0.15, 0.2) is 12.7 Å². The van der Waals surface area contributed by atoms with Crippen molar-refractivity contribution in [2.45, 2.75) is 13.3 Å². The van der Waals surface area contributed by atoms with Crippen LogP contribution in [0.25, 0.3) is 0 Å². The van der Waals surface area contributed by atoms with Gasteiger partial charge in [-0.3, -0.25) is 4.79 Å². The highest BCUT2D eigenvalue weighted by molar-refractivity contribution is 5.78. The lowest BCUT2D eigenvalue weighted by atomic mass is 10.4. The van der Waals surface area contributed by atoms with Gasteiger partial charge in [0.05, 0.1) is 0 Å². The SMILES string of the molecule is C=CC(=O)O.CCNCCC(N)=O. The maximum Gasteiger partial charge on any atom is 0.327 e. The van der Waals surface area contributed by atoms with E-state index in [1.165, 1.54) is 0 Å². The van der Waals surface area contributed by atoms with Gasteiger partial charge in [0, 0.05) is 19.0 Å². The molecule has 4 N–H and O–H groups in total. The summed E-state index contributed by atoms with van der Waals surface area (Å²) in [5.41, 5.74) is 4.85. The lowest BCUT2D eigenvalue weighted by Gasteiger charge is -1.94. The van der Waals surface area contributed by atoms with Crippen molar-refractivity contribution in [3.63, 3.8) is 0 Å². The Balaban J connectivity index is 0. The van der Waals surface area contributed by atoms with Gasteiger partial charge in [-0.15, -0.1) is 0 Å². The Morgan fingerprint density at radius 3 is 2.31 bits per heavy atom. The second-order valence-corrected chi connectivity index (χ2v) is 2.11. The van der Waals surface area contributed by atoms with Gasteiger partial charge in [0.1, 0.15) is 0 Å². The minimum atomic E-state index is -0.981. The number of nitrogens with two attached hydrogens (primary N) is 1. The maximum absolute atomic E-state index is 10.1. The van der Waals surface area contributed by atoms with E-state index in [4.69, 9.17) is 10.8 Å². The van der Waals surface area contributed by atoms with Crippen LogP contribution < -0.4 is 11.1 Å². The summed E-state index contributed by atoms with van der Waals surface area (Å²) in [6.07, 6.45) is 1.27. The molecular formula is C8H16N2O3. The molecule has 76 valence electrons. The van der Waals surface area contributed by atoms with Gasteiger partial charge in [-0.05, 0) is 6.54 Å². The molecule has 0 fully saturated rings. The fraction of sp³-hybridized carbons (Fsp3) is 0.500. The van der Waals surface area contributed by atoms with Crippen LogP contribution >= 0.6 is 0 Å². The van der Waals surface area contributed by atoms with Gasteiger partial charge in [0.15, 0.2) is 0 Å². The molecule has 5 heteroatoms. The number of primary amides is 1. The van der Waals surface area contributed by atoms with Crippen molar-refractivity contribution in [3.8, 4) is 0 Å². The van der Waals surface area contributed by atoms with Crippen LogP contribution in [0.3, 0.4) is 0 Å². The molecule has 0 atom stereocenters. The number of nitrogens with one attached hydrogen (secondary N) is 1. The fourth-order valence-electron chi connectivity index (χ4n) is 0.388. The molecular weight excluding hydrogens is 172 g/mol. The van der Waals surface area contributed by atoms with Crippen LogP contribution in [-0.2, 0) is 9.59 Å². The van der Waals surface area contributed by atoms with Crippen LogP contribution in [0.5, 0.6) is 0 Å². The lowest BCUT2D eigenvalue weighted by molar-refractivity contribution is -0.131. The van der Waals surface area contributed by atoms with Crippen molar-refractivity contribution in [3.05, 3.63) is 12.7 Å². The molecule has 0 aliphatic heterocycles. The van der Waals surface area contributed by atoms with Crippen molar-refractivity contribution in [2.75, 3.05) is 13.1 Å². The van der Waals surface area contributed by atoms with E-state index in [1.54, 1.807) is 0 Å².